The van der Waals surface area contributed by atoms with Crippen LogP contribution < -0.4 is 82.8 Å². The van der Waals surface area contributed by atoms with E-state index in [1.165, 1.54) is 21.3 Å². The molecular weight excluding hydrogens is 1510 g/mol. The number of rotatable bonds is 24. The van der Waals surface area contributed by atoms with Gasteiger partial charge in [-0.3, -0.25) is 28.8 Å². The van der Waals surface area contributed by atoms with Gasteiger partial charge in [0.05, 0.1) is 112 Å². The number of hydrogen-bond donors (Lipinski definition) is 6. The van der Waals surface area contributed by atoms with Crippen LogP contribution in [0.4, 0.5) is 17.1 Å². The van der Waals surface area contributed by atoms with Crippen molar-refractivity contribution in [3.05, 3.63) is 196 Å². The number of para-hydroxylation sites is 3. The fourth-order valence-corrected chi connectivity index (χ4v) is 14.3. The second-order valence-corrected chi connectivity index (χ2v) is 27.3. The molecule has 0 aliphatic carbocycles. The van der Waals surface area contributed by atoms with Crippen LogP contribution >= 0.6 is 0 Å². The van der Waals surface area contributed by atoms with Gasteiger partial charge in [0.1, 0.15) is 19.6 Å². The number of likely N-dealkylation sites (tertiary alicyclic amines) is 3. The van der Waals surface area contributed by atoms with Crippen LogP contribution in [0.15, 0.2) is 146 Å². The molecule has 0 radical (unpaired) electrons. The second kappa shape index (κ2) is 42.6. The Kier molecular flexibility index (Phi) is 36.1. The molecule has 3 saturated heterocycles. The molecule has 0 saturated carbocycles. The van der Waals surface area contributed by atoms with Crippen LogP contribution in [0.2, 0.25) is 0 Å². The number of nitrogens with zero attached hydrogens (tertiary/aromatic N) is 3. The standard InChI is InChI=1S/2C27H35N3O4.C25H31N3O4.3BrH/c1-19(2)28-26(32)22-13-9-15-30(17-22,16-21-11-6-5-7-12-21)18-24(31)29-25-20(3)10-8-14-23(25)27(33)34-4;1-4-15-28-26(32)22-13-9-16-30(18-22,17-21-11-6-5-7-12-21)19-24(31)29-25-20(2)10-8-14-23(25)27(33)34-3;1-18-9-7-13-21(25(31)32-3)23(18)27-22(29)17-28(15-19-10-5-4-6-11-19)14-8-12-20(16-28)24(30)26-2;;;/h5-8,10-12,14,19,22H,9,13,15-18H2,1-4H3,(H-,28,29,31,32,33);5-8,10-12,14,22H,4,9,13,15-19H2,1-3H3,(H-,28,29,31,32,33);4-7,9-11,13,20H,8,12,14-17H2,1-3H3,(H-,26,27,29,30,31);3*1H. The molecule has 6 unspecified atom stereocenters. The fraction of sp³-hybridized carbons (Fsp3) is 0.430. The third kappa shape index (κ3) is 25.6. The number of quaternary nitrogens is 3. The summed E-state index contributed by atoms with van der Waals surface area (Å²) in [4.78, 5) is 115. The Morgan fingerprint density at radius 2 is 0.728 bits per heavy atom. The Balaban J connectivity index is 0.000000323. The molecule has 21 nitrogen and oxygen atoms in total. The summed E-state index contributed by atoms with van der Waals surface area (Å²) in [5.74, 6) is -2.26. The molecule has 6 N–H and O–H groups in total. The minimum atomic E-state index is -0.491. The fourth-order valence-electron chi connectivity index (χ4n) is 14.3. The van der Waals surface area contributed by atoms with Crippen molar-refractivity contribution < 1.29 is 122 Å². The lowest BCUT2D eigenvalue weighted by atomic mass is 9.93. The number of carbonyl (C=O) groups excluding carboxylic acids is 9. The number of piperidine rings is 3. The van der Waals surface area contributed by atoms with Crippen LogP contribution in [0.3, 0.4) is 0 Å². The van der Waals surface area contributed by atoms with Crippen LogP contribution in [0.5, 0.6) is 0 Å². The molecule has 6 atom stereocenters. The first-order valence-corrected chi connectivity index (χ1v) is 34.9. The number of benzene rings is 6. The van der Waals surface area contributed by atoms with Gasteiger partial charge in [-0.15, -0.1) is 0 Å². The van der Waals surface area contributed by atoms with Crippen molar-refractivity contribution >= 4 is 70.4 Å². The van der Waals surface area contributed by atoms with Gasteiger partial charge in [0.25, 0.3) is 17.7 Å². The van der Waals surface area contributed by atoms with E-state index in [-0.39, 0.29) is 130 Å². The van der Waals surface area contributed by atoms with Crippen LogP contribution in [0.25, 0.3) is 0 Å². The highest BCUT2D eigenvalue weighted by molar-refractivity contribution is 6.04. The van der Waals surface area contributed by atoms with Crippen LogP contribution in [-0.4, -0.2) is 167 Å². The highest BCUT2D eigenvalue weighted by Gasteiger charge is 2.43. The van der Waals surface area contributed by atoms with Gasteiger partial charge in [0.2, 0.25) is 17.7 Å². The van der Waals surface area contributed by atoms with Gasteiger partial charge in [-0.25, -0.2) is 14.4 Å². The molecule has 6 aromatic carbocycles. The molecule has 24 heteroatoms. The summed E-state index contributed by atoms with van der Waals surface area (Å²) in [5, 5.41) is 17.7. The van der Waals surface area contributed by atoms with Crippen molar-refractivity contribution in [3.8, 4) is 0 Å². The second-order valence-electron chi connectivity index (χ2n) is 27.3. The summed E-state index contributed by atoms with van der Waals surface area (Å²) >= 11 is 0. The largest absolute Gasteiger partial charge is 1.00 e. The van der Waals surface area contributed by atoms with E-state index in [9.17, 15) is 43.2 Å². The summed E-state index contributed by atoms with van der Waals surface area (Å²) in [5.41, 5.74) is 8.19. The van der Waals surface area contributed by atoms with E-state index in [0.29, 0.717) is 93.0 Å². The Bertz CT molecular complexity index is 3800. The third-order valence-corrected chi connectivity index (χ3v) is 19.1. The van der Waals surface area contributed by atoms with Crippen molar-refractivity contribution in [1.29, 1.82) is 0 Å². The number of hydrogen-bond acceptors (Lipinski definition) is 12. The highest BCUT2D eigenvalue weighted by Crippen LogP contribution is 2.33. The van der Waals surface area contributed by atoms with Crippen molar-refractivity contribution in [1.82, 2.24) is 16.0 Å². The van der Waals surface area contributed by atoms with E-state index in [1.807, 2.05) is 114 Å². The Morgan fingerprint density at radius 1 is 0.427 bits per heavy atom. The molecule has 3 fully saturated rings. The first-order valence-electron chi connectivity index (χ1n) is 34.9. The lowest BCUT2D eigenvalue weighted by Crippen LogP contribution is -3.00. The molecular formula is C79H104Br3N9O12. The Morgan fingerprint density at radius 3 is 1.01 bits per heavy atom. The molecule has 558 valence electrons. The first kappa shape index (κ1) is 87.3. The zero-order valence-electron chi connectivity index (χ0n) is 61.2. The number of methoxy groups -OCH3 is 3. The van der Waals surface area contributed by atoms with Gasteiger partial charge >= 0.3 is 17.9 Å². The molecule has 0 spiro atoms. The molecule has 6 amide bonds. The number of ether oxygens (including phenoxy) is 3. The normalized spacial score (nSPS) is 19.4. The quantitative estimate of drug-likeness (QED) is 0.0285. The number of carbonyl (C=O) groups is 9. The maximum absolute atomic E-state index is 13.4. The molecule has 3 aliphatic rings. The number of halogens is 3. The van der Waals surface area contributed by atoms with E-state index in [0.717, 1.165) is 98.0 Å². The number of aryl methyl sites for hydroxylation is 3. The van der Waals surface area contributed by atoms with Crippen LogP contribution in [-0.2, 0) is 62.6 Å². The molecule has 9 rings (SSSR count). The lowest BCUT2D eigenvalue weighted by molar-refractivity contribution is -0.940. The summed E-state index contributed by atoms with van der Waals surface area (Å²) in [6, 6.07) is 46.1. The number of amides is 6. The average Bonchev–Trinajstić information content (AvgIpc) is 0.810. The van der Waals surface area contributed by atoms with E-state index in [2.05, 4.69) is 68.3 Å². The van der Waals surface area contributed by atoms with Gasteiger partial charge in [-0.1, -0.05) is 134 Å². The molecule has 0 aromatic heterocycles. The molecule has 103 heavy (non-hydrogen) atoms. The van der Waals surface area contributed by atoms with Gasteiger partial charge in [0, 0.05) is 36.3 Å². The molecule has 0 bridgehead atoms. The lowest BCUT2D eigenvalue weighted by Gasteiger charge is -2.43. The average molecular weight is 1610 g/mol. The van der Waals surface area contributed by atoms with Crippen LogP contribution in [0, 0.1) is 38.5 Å². The van der Waals surface area contributed by atoms with Crippen LogP contribution in [0.1, 0.15) is 130 Å². The maximum Gasteiger partial charge on any atom is 0.339 e. The summed E-state index contributed by atoms with van der Waals surface area (Å²) in [6.07, 6.45) is 5.98. The zero-order valence-corrected chi connectivity index (χ0v) is 65.9. The SMILES string of the molecule is CCCNC(=O)C1CCC[N+](CC(=O)Nc2c(C)cccc2C(=O)OC)(Cc2ccccc2)C1.CNC(=O)C1CCC[N+](CC(=O)Nc2c(C)cccc2C(=O)OC)(Cc2ccccc2)C1.COC(=O)c1cccc(C)c1NC(=O)C[N+]1(Cc2ccccc2)CCCC(C(=O)NC(C)C)C1.[Br-].[Br-].[Br-]. The van der Waals surface area contributed by atoms with E-state index < -0.39 is 17.9 Å². The molecule has 3 aliphatic heterocycles. The van der Waals surface area contributed by atoms with Crippen molar-refractivity contribution in [2.75, 3.05) is 110 Å². The molecule has 3 heterocycles. The van der Waals surface area contributed by atoms with Gasteiger partial charge in [-0.05, 0) is 114 Å². The predicted octanol–water partition coefficient (Wildman–Crippen LogP) is 1.25. The number of nitrogens with one attached hydrogen (secondary N) is 6. The van der Waals surface area contributed by atoms with E-state index in [1.54, 1.807) is 43.4 Å². The first-order chi connectivity index (χ1) is 48.0. The predicted molar refractivity (Wildman–Crippen MR) is 387 cm³/mol. The van der Waals surface area contributed by atoms with Crippen molar-refractivity contribution in [3.63, 3.8) is 0 Å². The third-order valence-electron chi connectivity index (χ3n) is 19.1. The maximum atomic E-state index is 13.4. The smallest absolute Gasteiger partial charge is 0.339 e. The number of esters is 3. The van der Waals surface area contributed by atoms with E-state index in [4.69, 9.17) is 14.2 Å². The highest BCUT2D eigenvalue weighted by atomic mass is 79.9. The minimum absolute atomic E-state index is 0. The summed E-state index contributed by atoms with van der Waals surface area (Å²) < 4.78 is 16.2. The summed E-state index contributed by atoms with van der Waals surface area (Å²) in [7, 11) is 5.63. The van der Waals surface area contributed by atoms with Crippen molar-refractivity contribution in [2.24, 2.45) is 17.8 Å². The topological polar surface area (TPSA) is 253 Å². The minimum Gasteiger partial charge on any atom is -1.00 e. The van der Waals surface area contributed by atoms with Gasteiger partial charge in [-0.2, -0.15) is 0 Å². The number of anilines is 3. The Hall–Kier alpha value is -8.13. The monoisotopic (exact) mass is 1610 g/mol. The Labute approximate surface area is 639 Å². The van der Waals surface area contributed by atoms with E-state index >= 15 is 0 Å². The molecule has 6 aromatic rings. The van der Waals surface area contributed by atoms with Gasteiger partial charge < -0.3 is 111 Å². The van der Waals surface area contributed by atoms with Crippen molar-refractivity contribution in [2.45, 2.75) is 112 Å². The van der Waals surface area contributed by atoms with Gasteiger partial charge in [0.15, 0.2) is 19.6 Å². The zero-order chi connectivity index (χ0) is 72.4. The summed E-state index contributed by atoms with van der Waals surface area (Å²) in [6.45, 7) is 19.1.